The maximum atomic E-state index is 13.7. The number of furan rings is 1. The lowest BCUT2D eigenvalue weighted by atomic mass is 10.1. The number of rotatable bonds is 7. The van der Waals surface area contributed by atoms with E-state index in [4.69, 9.17) is 14.1 Å². The minimum Gasteiger partial charge on any atom is -0.497 e. The number of carbonyl (C=O) groups is 1. The summed E-state index contributed by atoms with van der Waals surface area (Å²) in [5.74, 6) is 1.53. The van der Waals surface area contributed by atoms with Gasteiger partial charge < -0.3 is 14.1 Å². The minimum absolute atomic E-state index is 0.0170. The number of methoxy groups -OCH3 is 1. The van der Waals surface area contributed by atoms with Crippen LogP contribution in [0.2, 0.25) is 0 Å². The van der Waals surface area contributed by atoms with Gasteiger partial charge in [0.05, 0.1) is 30.5 Å². The lowest BCUT2D eigenvalue weighted by Crippen LogP contribution is -2.49. The molecule has 1 aromatic carbocycles. The Labute approximate surface area is 205 Å². The molecule has 0 N–H and O–H groups in total. The molecule has 0 spiro atoms. The second-order valence-corrected chi connectivity index (χ2v) is 9.18. The molecule has 1 aliphatic heterocycles. The summed E-state index contributed by atoms with van der Waals surface area (Å²) in [5, 5.41) is 5.30. The van der Waals surface area contributed by atoms with E-state index in [2.05, 4.69) is 36.0 Å². The number of nitrogens with zero attached hydrogens (tertiary/aromatic N) is 5. The summed E-state index contributed by atoms with van der Waals surface area (Å²) in [6.45, 7) is 8.18. The zero-order valence-electron chi connectivity index (χ0n) is 20.5. The number of ether oxygens (including phenoxy) is 1. The van der Waals surface area contributed by atoms with Crippen LogP contribution in [0.15, 0.2) is 59.3 Å². The Morgan fingerprint density at radius 2 is 1.89 bits per heavy atom. The van der Waals surface area contributed by atoms with E-state index in [1.54, 1.807) is 19.6 Å². The molecule has 182 valence electrons. The molecule has 1 aliphatic rings. The fourth-order valence-corrected chi connectivity index (χ4v) is 4.55. The van der Waals surface area contributed by atoms with Gasteiger partial charge >= 0.3 is 0 Å². The van der Waals surface area contributed by atoms with E-state index >= 15 is 0 Å². The number of amides is 1. The number of pyridine rings is 1. The molecule has 0 atom stereocenters. The standard InChI is InChI=1S/C27H31N5O3/c1-19(2)32-26-23(18-28-32)22(17-24(29-26)25-5-4-16-35-25)27(33)31-14-12-30(13-15-31)11-10-20-6-8-21(34-3)9-7-20/h4-9,16-19H,10-15H2,1-3H3. The zero-order chi connectivity index (χ0) is 24.4. The highest BCUT2D eigenvalue weighted by Crippen LogP contribution is 2.28. The molecule has 35 heavy (non-hydrogen) atoms. The van der Waals surface area contributed by atoms with Crippen molar-refractivity contribution in [1.82, 2.24) is 24.6 Å². The van der Waals surface area contributed by atoms with Gasteiger partial charge in [-0.2, -0.15) is 5.10 Å². The molecular formula is C27H31N5O3. The van der Waals surface area contributed by atoms with E-state index < -0.39 is 0 Å². The monoisotopic (exact) mass is 473 g/mol. The van der Waals surface area contributed by atoms with Crippen molar-refractivity contribution in [2.24, 2.45) is 0 Å². The van der Waals surface area contributed by atoms with Crippen LogP contribution in [0.4, 0.5) is 0 Å². The lowest BCUT2D eigenvalue weighted by Gasteiger charge is -2.35. The SMILES string of the molecule is COc1ccc(CCN2CCN(C(=O)c3cc(-c4ccco4)nc4c3cnn4C(C)C)CC2)cc1. The fraction of sp³-hybridized carbons (Fsp3) is 0.370. The highest BCUT2D eigenvalue weighted by atomic mass is 16.5. The van der Waals surface area contributed by atoms with Gasteiger partial charge in [-0.1, -0.05) is 12.1 Å². The number of carbonyl (C=O) groups excluding carboxylic acids is 1. The average Bonchev–Trinajstić information content (AvgIpc) is 3.57. The van der Waals surface area contributed by atoms with Crippen LogP contribution in [0.3, 0.4) is 0 Å². The third-order valence-corrected chi connectivity index (χ3v) is 6.60. The Morgan fingerprint density at radius 3 is 2.54 bits per heavy atom. The fourth-order valence-electron chi connectivity index (χ4n) is 4.55. The summed E-state index contributed by atoms with van der Waals surface area (Å²) in [6, 6.07) is 13.9. The molecule has 4 heterocycles. The number of aromatic nitrogens is 3. The van der Waals surface area contributed by atoms with E-state index in [-0.39, 0.29) is 11.9 Å². The Kier molecular flexibility index (Phi) is 6.55. The number of benzene rings is 1. The highest BCUT2D eigenvalue weighted by molar-refractivity contribution is 6.06. The van der Waals surface area contributed by atoms with Crippen molar-refractivity contribution in [1.29, 1.82) is 0 Å². The van der Waals surface area contributed by atoms with Crippen molar-refractivity contribution in [3.05, 3.63) is 66.1 Å². The van der Waals surface area contributed by atoms with Crippen LogP contribution in [0, 0.1) is 0 Å². The quantitative estimate of drug-likeness (QED) is 0.399. The van der Waals surface area contributed by atoms with Crippen molar-refractivity contribution in [3.8, 4) is 17.2 Å². The van der Waals surface area contributed by atoms with Crippen LogP contribution in [-0.2, 0) is 6.42 Å². The number of fused-ring (bicyclic) bond motifs is 1. The second-order valence-electron chi connectivity index (χ2n) is 9.18. The number of hydrogen-bond acceptors (Lipinski definition) is 6. The van der Waals surface area contributed by atoms with Crippen LogP contribution >= 0.6 is 0 Å². The Hall–Kier alpha value is -3.65. The summed E-state index contributed by atoms with van der Waals surface area (Å²) in [6.07, 6.45) is 4.35. The van der Waals surface area contributed by atoms with Crippen LogP contribution in [0.5, 0.6) is 5.75 Å². The summed E-state index contributed by atoms with van der Waals surface area (Å²) in [7, 11) is 1.68. The molecule has 0 unspecified atom stereocenters. The summed E-state index contributed by atoms with van der Waals surface area (Å²) >= 11 is 0. The van der Waals surface area contributed by atoms with Gasteiger partial charge in [-0.3, -0.25) is 9.69 Å². The van der Waals surface area contributed by atoms with Gasteiger partial charge in [-0.15, -0.1) is 0 Å². The van der Waals surface area contributed by atoms with Gasteiger partial charge in [-0.25, -0.2) is 9.67 Å². The van der Waals surface area contributed by atoms with E-state index in [0.29, 0.717) is 35.8 Å². The Balaban J connectivity index is 1.30. The number of piperazine rings is 1. The first-order valence-electron chi connectivity index (χ1n) is 12.1. The molecule has 3 aromatic heterocycles. The van der Waals surface area contributed by atoms with Crippen molar-refractivity contribution in [2.45, 2.75) is 26.3 Å². The molecule has 0 aliphatic carbocycles. The third kappa shape index (κ3) is 4.79. The molecule has 5 rings (SSSR count). The van der Waals surface area contributed by atoms with Crippen molar-refractivity contribution in [3.63, 3.8) is 0 Å². The van der Waals surface area contributed by atoms with Crippen molar-refractivity contribution < 1.29 is 13.9 Å². The molecule has 4 aromatic rings. The van der Waals surface area contributed by atoms with Gasteiger partial charge in [0.15, 0.2) is 11.4 Å². The van der Waals surface area contributed by atoms with Crippen LogP contribution in [0.25, 0.3) is 22.5 Å². The van der Waals surface area contributed by atoms with Gasteiger partial charge in [0.1, 0.15) is 11.4 Å². The van der Waals surface area contributed by atoms with E-state index in [1.807, 2.05) is 39.9 Å². The zero-order valence-corrected chi connectivity index (χ0v) is 20.5. The van der Waals surface area contributed by atoms with Crippen LogP contribution in [-0.4, -0.2) is 70.3 Å². The molecule has 1 fully saturated rings. The molecule has 0 saturated carbocycles. The molecule has 1 saturated heterocycles. The first-order chi connectivity index (χ1) is 17.0. The lowest BCUT2D eigenvalue weighted by molar-refractivity contribution is 0.0640. The average molecular weight is 474 g/mol. The largest absolute Gasteiger partial charge is 0.497 e. The highest BCUT2D eigenvalue weighted by Gasteiger charge is 2.26. The Bertz CT molecular complexity index is 1290. The molecule has 0 bridgehead atoms. The molecule has 8 heteroatoms. The van der Waals surface area contributed by atoms with Crippen LogP contribution in [0.1, 0.15) is 35.8 Å². The molecular weight excluding hydrogens is 442 g/mol. The van der Waals surface area contributed by atoms with E-state index in [9.17, 15) is 4.79 Å². The van der Waals surface area contributed by atoms with E-state index in [1.165, 1.54) is 5.56 Å². The predicted molar refractivity (Wildman–Crippen MR) is 135 cm³/mol. The number of hydrogen-bond donors (Lipinski definition) is 0. The summed E-state index contributed by atoms with van der Waals surface area (Å²) in [5.41, 5.74) is 3.26. The van der Waals surface area contributed by atoms with Crippen molar-refractivity contribution in [2.75, 3.05) is 39.8 Å². The van der Waals surface area contributed by atoms with E-state index in [0.717, 1.165) is 37.2 Å². The second kappa shape index (κ2) is 9.92. The molecule has 1 amide bonds. The normalized spacial score (nSPS) is 14.7. The maximum absolute atomic E-state index is 13.7. The maximum Gasteiger partial charge on any atom is 0.254 e. The first-order valence-corrected chi connectivity index (χ1v) is 12.1. The predicted octanol–water partition coefficient (Wildman–Crippen LogP) is 4.28. The van der Waals surface area contributed by atoms with Crippen LogP contribution < -0.4 is 4.74 Å². The topological polar surface area (TPSA) is 76.6 Å². The summed E-state index contributed by atoms with van der Waals surface area (Å²) in [4.78, 5) is 22.8. The summed E-state index contributed by atoms with van der Waals surface area (Å²) < 4.78 is 12.7. The molecule has 8 nitrogen and oxygen atoms in total. The first kappa shape index (κ1) is 23.1. The minimum atomic E-state index is 0.0170. The smallest absolute Gasteiger partial charge is 0.254 e. The van der Waals surface area contributed by atoms with Gasteiger partial charge in [0.25, 0.3) is 5.91 Å². The molecule has 0 radical (unpaired) electrons. The Morgan fingerprint density at radius 1 is 1.11 bits per heavy atom. The third-order valence-electron chi connectivity index (χ3n) is 6.60. The van der Waals surface area contributed by atoms with Crippen molar-refractivity contribution >= 4 is 16.9 Å². The van der Waals surface area contributed by atoms with Gasteiger partial charge in [-0.05, 0) is 56.2 Å². The van der Waals surface area contributed by atoms with Gasteiger partial charge in [0, 0.05) is 38.8 Å². The van der Waals surface area contributed by atoms with Gasteiger partial charge in [0.2, 0.25) is 0 Å².